The van der Waals surface area contributed by atoms with Crippen LogP contribution in [0.1, 0.15) is 22.6 Å². The van der Waals surface area contributed by atoms with Crippen molar-refractivity contribution in [1.29, 1.82) is 0 Å². The minimum atomic E-state index is -0.0419. The molecule has 6 nitrogen and oxygen atoms in total. The fourth-order valence-electron chi connectivity index (χ4n) is 3.48. The molecular formula is C22H24N4O2. The number of aryl methyl sites for hydroxylation is 1. The van der Waals surface area contributed by atoms with Crippen molar-refractivity contribution in [1.82, 2.24) is 19.9 Å². The number of benzene rings is 2. The molecule has 0 fully saturated rings. The number of imidazole rings is 1. The van der Waals surface area contributed by atoms with Gasteiger partial charge in [-0.1, -0.05) is 18.2 Å². The molecule has 0 saturated heterocycles. The molecule has 0 saturated carbocycles. The van der Waals surface area contributed by atoms with E-state index >= 15 is 0 Å². The number of ether oxygens (including phenoxy) is 1. The minimum Gasteiger partial charge on any atom is -0.383 e. The van der Waals surface area contributed by atoms with Crippen molar-refractivity contribution in [2.24, 2.45) is 0 Å². The third-order valence-electron chi connectivity index (χ3n) is 4.91. The van der Waals surface area contributed by atoms with Crippen LogP contribution in [0.15, 0.2) is 54.7 Å². The standard InChI is InChI=1S/C22H24N4O2/c1-28-15-14-26-13-11-16-17(6-4-9-20(16)26)22(27)23-12-5-10-21-24-18-7-2-3-8-19(18)25-21/h2-4,6-9,11,13H,5,10,12,14-15H2,1H3,(H,23,27)(H,24,25). The number of aromatic nitrogens is 3. The molecule has 0 radical (unpaired) electrons. The molecule has 0 atom stereocenters. The van der Waals surface area contributed by atoms with Crippen molar-refractivity contribution >= 4 is 27.8 Å². The number of amides is 1. The van der Waals surface area contributed by atoms with Crippen LogP contribution >= 0.6 is 0 Å². The zero-order valence-corrected chi connectivity index (χ0v) is 15.9. The molecule has 0 aliphatic rings. The van der Waals surface area contributed by atoms with Gasteiger partial charge in [0.25, 0.3) is 5.91 Å². The molecule has 2 aromatic carbocycles. The summed E-state index contributed by atoms with van der Waals surface area (Å²) in [5, 5.41) is 4.00. The van der Waals surface area contributed by atoms with E-state index < -0.39 is 0 Å². The Morgan fingerprint density at radius 2 is 2.07 bits per heavy atom. The number of methoxy groups -OCH3 is 1. The highest BCUT2D eigenvalue weighted by molar-refractivity contribution is 6.06. The van der Waals surface area contributed by atoms with Gasteiger partial charge in [0.2, 0.25) is 0 Å². The molecule has 2 aromatic heterocycles. The largest absolute Gasteiger partial charge is 0.383 e. The number of hydrogen-bond donors (Lipinski definition) is 2. The summed E-state index contributed by atoms with van der Waals surface area (Å²) in [5.74, 6) is 0.910. The molecule has 4 aromatic rings. The maximum atomic E-state index is 12.7. The van der Waals surface area contributed by atoms with Gasteiger partial charge in [-0.2, -0.15) is 0 Å². The number of carbonyl (C=O) groups is 1. The highest BCUT2D eigenvalue weighted by Gasteiger charge is 2.12. The van der Waals surface area contributed by atoms with E-state index in [4.69, 9.17) is 4.74 Å². The molecule has 0 aliphatic heterocycles. The van der Waals surface area contributed by atoms with Gasteiger partial charge < -0.3 is 19.6 Å². The normalized spacial score (nSPS) is 11.3. The monoisotopic (exact) mass is 376 g/mol. The number of para-hydroxylation sites is 2. The molecule has 6 heteroatoms. The lowest BCUT2D eigenvalue weighted by atomic mass is 10.1. The fraction of sp³-hybridized carbons (Fsp3) is 0.273. The summed E-state index contributed by atoms with van der Waals surface area (Å²) in [6.45, 7) is 2.02. The lowest BCUT2D eigenvalue weighted by Crippen LogP contribution is -2.25. The van der Waals surface area contributed by atoms with Gasteiger partial charge in [-0.25, -0.2) is 4.98 Å². The minimum absolute atomic E-state index is 0.0419. The van der Waals surface area contributed by atoms with Crippen molar-refractivity contribution < 1.29 is 9.53 Å². The molecular weight excluding hydrogens is 352 g/mol. The van der Waals surface area contributed by atoms with Gasteiger partial charge in [0, 0.05) is 49.3 Å². The number of hydrogen-bond acceptors (Lipinski definition) is 3. The average Bonchev–Trinajstić information content (AvgIpc) is 3.32. The number of H-pyrrole nitrogens is 1. The van der Waals surface area contributed by atoms with Gasteiger partial charge in [-0.05, 0) is 36.8 Å². The summed E-state index contributed by atoms with van der Waals surface area (Å²) >= 11 is 0. The van der Waals surface area contributed by atoms with Gasteiger partial charge in [0.15, 0.2) is 0 Å². The first kappa shape index (κ1) is 18.3. The van der Waals surface area contributed by atoms with Crippen molar-refractivity contribution in [2.45, 2.75) is 19.4 Å². The highest BCUT2D eigenvalue weighted by Crippen LogP contribution is 2.20. The highest BCUT2D eigenvalue weighted by atomic mass is 16.5. The zero-order chi connectivity index (χ0) is 19.3. The van der Waals surface area contributed by atoms with Gasteiger partial charge >= 0.3 is 0 Å². The third-order valence-corrected chi connectivity index (χ3v) is 4.91. The summed E-state index contributed by atoms with van der Waals surface area (Å²) in [7, 11) is 1.69. The summed E-state index contributed by atoms with van der Waals surface area (Å²) in [5.41, 5.74) is 3.78. The molecule has 144 valence electrons. The van der Waals surface area contributed by atoms with Gasteiger partial charge in [0.05, 0.1) is 17.6 Å². The maximum Gasteiger partial charge on any atom is 0.251 e. The molecule has 4 rings (SSSR count). The van der Waals surface area contributed by atoms with E-state index in [1.165, 1.54) is 0 Å². The van der Waals surface area contributed by atoms with Crippen molar-refractivity contribution in [3.63, 3.8) is 0 Å². The van der Waals surface area contributed by atoms with Crippen LogP contribution in [-0.2, 0) is 17.7 Å². The quantitative estimate of drug-likeness (QED) is 0.462. The number of rotatable bonds is 8. The van der Waals surface area contributed by atoms with Crippen LogP contribution in [0, 0.1) is 0 Å². The van der Waals surface area contributed by atoms with Crippen LogP contribution in [0.2, 0.25) is 0 Å². The van der Waals surface area contributed by atoms with Crippen LogP contribution in [0.4, 0.5) is 0 Å². The fourth-order valence-corrected chi connectivity index (χ4v) is 3.48. The second-order valence-electron chi connectivity index (χ2n) is 6.80. The maximum absolute atomic E-state index is 12.7. The Hall–Kier alpha value is -3.12. The Kier molecular flexibility index (Phi) is 5.39. The van der Waals surface area contributed by atoms with Gasteiger partial charge in [-0.15, -0.1) is 0 Å². The van der Waals surface area contributed by atoms with Crippen molar-refractivity contribution in [3.8, 4) is 0 Å². The SMILES string of the molecule is COCCn1ccc2c(C(=O)NCCCc3nc4ccccc4[nH]3)cccc21. The summed E-state index contributed by atoms with van der Waals surface area (Å²) < 4.78 is 7.26. The van der Waals surface area contributed by atoms with E-state index in [9.17, 15) is 4.79 Å². The first-order valence-electron chi connectivity index (χ1n) is 9.55. The molecule has 2 N–H and O–H groups in total. The second kappa shape index (κ2) is 8.27. The van der Waals surface area contributed by atoms with E-state index in [0.717, 1.165) is 47.1 Å². The number of carbonyl (C=O) groups excluding carboxylic acids is 1. The predicted molar refractivity (Wildman–Crippen MR) is 111 cm³/mol. The van der Waals surface area contributed by atoms with E-state index in [1.807, 2.05) is 54.7 Å². The second-order valence-corrected chi connectivity index (χ2v) is 6.80. The molecule has 28 heavy (non-hydrogen) atoms. The molecule has 0 bridgehead atoms. The van der Waals surface area contributed by atoms with E-state index in [2.05, 4.69) is 19.9 Å². The Bertz CT molecular complexity index is 1060. The van der Waals surface area contributed by atoms with Crippen LogP contribution < -0.4 is 5.32 Å². The number of aromatic amines is 1. The Morgan fingerprint density at radius 1 is 1.18 bits per heavy atom. The van der Waals surface area contributed by atoms with Crippen molar-refractivity contribution in [3.05, 3.63) is 66.1 Å². The number of nitrogens with one attached hydrogen (secondary N) is 2. The van der Waals surface area contributed by atoms with Crippen LogP contribution in [0.5, 0.6) is 0 Å². The zero-order valence-electron chi connectivity index (χ0n) is 15.9. The van der Waals surface area contributed by atoms with Gasteiger partial charge in [-0.3, -0.25) is 4.79 Å². The van der Waals surface area contributed by atoms with Crippen LogP contribution in [0.25, 0.3) is 21.9 Å². The molecule has 0 spiro atoms. The number of nitrogens with zero attached hydrogens (tertiary/aromatic N) is 2. The summed E-state index contributed by atoms with van der Waals surface area (Å²) in [6.07, 6.45) is 3.63. The molecule has 1 amide bonds. The van der Waals surface area contributed by atoms with E-state index in [1.54, 1.807) is 7.11 Å². The topological polar surface area (TPSA) is 71.9 Å². The van der Waals surface area contributed by atoms with Crippen LogP contribution in [0.3, 0.4) is 0 Å². The predicted octanol–water partition coefficient (Wildman–Crippen LogP) is 3.53. The Labute approximate surface area is 163 Å². The molecule has 0 aliphatic carbocycles. The van der Waals surface area contributed by atoms with E-state index in [0.29, 0.717) is 18.7 Å². The Balaban J connectivity index is 1.36. The third kappa shape index (κ3) is 3.77. The Morgan fingerprint density at radius 3 is 2.93 bits per heavy atom. The average molecular weight is 376 g/mol. The summed E-state index contributed by atoms with van der Waals surface area (Å²) in [6, 6.07) is 15.8. The van der Waals surface area contributed by atoms with Crippen molar-refractivity contribution in [2.75, 3.05) is 20.3 Å². The summed E-state index contributed by atoms with van der Waals surface area (Å²) in [4.78, 5) is 20.6. The van der Waals surface area contributed by atoms with E-state index in [-0.39, 0.29) is 5.91 Å². The lowest BCUT2D eigenvalue weighted by molar-refractivity contribution is 0.0955. The first-order valence-corrected chi connectivity index (χ1v) is 9.55. The van der Waals surface area contributed by atoms with Crippen LogP contribution in [-0.4, -0.2) is 40.7 Å². The number of fused-ring (bicyclic) bond motifs is 2. The first-order chi connectivity index (χ1) is 13.8. The van der Waals surface area contributed by atoms with Gasteiger partial charge in [0.1, 0.15) is 5.82 Å². The molecule has 0 unspecified atom stereocenters. The molecule has 2 heterocycles. The smallest absolute Gasteiger partial charge is 0.251 e. The lowest BCUT2D eigenvalue weighted by Gasteiger charge is -2.08.